The molecule has 1 amide bonds. The number of rotatable bonds is 11. The van der Waals surface area contributed by atoms with Crippen molar-refractivity contribution in [1.29, 1.82) is 0 Å². The zero-order valence-corrected chi connectivity index (χ0v) is 19.7. The number of hydrogen-bond acceptors (Lipinski definition) is 7. The maximum Gasteiger partial charge on any atom is 0.295 e. The standard InChI is InChI=1S/C26H31NO7/c1-4-5-15-34-19-10-7-17(8-11-19)24(29)22-23(18-9-12-20(28)21(16-18)33-3)27(13-6-14-32-2)26(31)25(22)30/h7-12,16,23,28-29H,4-6,13-15H2,1-3H3/b24-22+/t23-/m0/s1. The molecule has 182 valence electrons. The number of aliphatic hydroxyl groups excluding tert-OH is 1. The first-order valence-electron chi connectivity index (χ1n) is 11.3. The molecule has 0 unspecified atom stereocenters. The van der Waals surface area contributed by atoms with Gasteiger partial charge in [-0.2, -0.15) is 0 Å². The maximum absolute atomic E-state index is 13.1. The van der Waals surface area contributed by atoms with E-state index in [2.05, 4.69) is 6.92 Å². The number of phenols is 1. The molecule has 0 aliphatic carbocycles. The van der Waals surface area contributed by atoms with Crippen LogP contribution in [0.4, 0.5) is 0 Å². The van der Waals surface area contributed by atoms with Gasteiger partial charge in [0.1, 0.15) is 11.5 Å². The second-order valence-electron chi connectivity index (χ2n) is 8.00. The lowest BCUT2D eigenvalue weighted by molar-refractivity contribution is -0.140. The van der Waals surface area contributed by atoms with Gasteiger partial charge in [-0.25, -0.2) is 0 Å². The van der Waals surface area contributed by atoms with Crippen molar-refractivity contribution < 1.29 is 34.0 Å². The highest BCUT2D eigenvalue weighted by Gasteiger charge is 2.46. The van der Waals surface area contributed by atoms with Crippen molar-refractivity contribution in [1.82, 2.24) is 4.90 Å². The fourth-order valence-corrected chi connectivity index (χ4v) is 3.90. The number of carbonyl (C=O) groups excluding carboxylic acids is 2. The van der Waals surface area contributed by atoms with Crippen LogP contribution in [-0.4, -0.2) is 60.8 Å². The number of hydrogen-bond donors (Lipinski definition) is 2. The Morgan fingerprint density at radius 2 is 1.76 bits per heavy atom. The molecule has 1 saturated heterocycles. The lowest BCUT2D eigenvalue weighted by atomic mass is 9.95. The highest BCUT2D eigenvalue weighted by molar-refractivity contribution is 6.46. The van der Waals surface area contributed by atoms with Gasteiger partial charge in [-0.05, 0) is 54.8 Å². The van der Waals surface area contributed by atoms with E-state index in [9.17, 15) is 19.8 Å². The van der Waals surface area contributed by atoms with Crippen molar-refractivity contribution in [3.63, 3.8) is 0 Å². The minimum absolute atomic E-state index is 0.0187. The number of Topliss-reactive ketones (excluding diaryl/α,β-unsaturated/α-hetero) is 1. The molecule has 0 bridgehead atoms. The van der Waals surface area contributed by atoms with Gasteiger partial charge in [0.15, 0.2) is 11.5 Å². The highest BCUT2D eigenvalue weighted by Crippen LogP contribution is 2.41. The molecule has 34 heavy (non-hydrogen) atoms. The smallest absolute Gasteiger partial charge is 0.295 e. The normalized spacial score (nSPS) is 17.3. The summed E-state index contributed by atoms with van der Waals surface area (Å²) in [6.45, 7) is 3.34. The number of ether oxygens (including phenoxy) is 3. The Labute approximate surface area is 199 Å². The first-order valence-corrected chi connectivity index (χ1v) is 11.3. The molecule has 1 fully saturated rings. The van der Waals surface area contributed by atoms with Crippen LogP contribution < -0.4 is 9.47 Å². The molecule has 2 aromatic rings. The van der Waals surface area contributed by atoms with Crippen LogP contribution in [0.5, 0.6) is 17.2 Å². The lowest BCUT2D eigenvalue weighted by Crippen LogP contribution is -2.31. The largest absolute Gasteiger partial charge is 0.507 e. The minimum Gasteiger partial charge on any atom is -0.507 e. The second-order valence-corrected chi connectivity index (χ2v) is 8.00. The number of aliphatic hydroxyl groups is 1. The van der Waals surface area contributed by atoms with Crippen LogP contribution in [0.15, 0.2) is 48.0 Å². The number of unbranched alkanes of at least 4 members (excludes halogenated alkanes) is 1. The molecule has 0 radical (unpaired) electrons. The Bertz CT molecular complexity index is 1050. The summed E-state index contributed by atoms with van der Waals surface area (Å²) in [6.07, 6.45) is 2.47. The van der Waals surface area contributed by atoms with E-state index in [0.717, 1.165) is 12.8 Å². The summed E-state index contributed by atoms with van der Waals surface area (Å²) in [5, 5.41) is 21.2. The quantitative estimate of drug-likeness (QED) is 0.221. The Balaban J connectivity index is 2.03. The molecular weight excluding hydrogens is 438 g/mol. The molecule has 8 nitrogen and oxygen atoms in total. The molecule has 2 N–H and O–H groups in total. The molecule has 2 aromatic carbocycles. The number of amides is 1. The van der Waals surface area contributed by atoms with Gasteiger partial charge in [0.2, 0.25) is 0 Å². The third-order valence-corrected chi connectivity index (χ3v) is 5.70. The van der Waals surface area contributed by atoms with Crippen molar-refractivity contribution in [3.05, 3.63) is 59.2 Å². The molecule has 0 spiro atoms. The van der Waals surface area contributed by atoms with E-state index in [1.807, 2.05) is 0 Å². The number of ketones is 1. The van der Waals surface area contributed by atoms with Crippen LogP contribution in [-0.2, 0) is 14.3 Å². The summed E-state index contributed by atoms with van der Waals surface area (Å²) in [5.74, 6) is -0.950. The van der Waals surface area contributed by atoms with Gasteiger partial charge in [-0.15, -0.1) is 0 Å². The number of benzene rings is 2. The number of likely N-dealkylation sites (tertiary alicyclic amines) is 1. The predicted molar refractivity (Wildman–Crippen MR) is 127 cm³/mol. The van der Waals surface area contributed by atoms with Crippen molar-refractivity contribution >= 4 is 17.4 Å². The molecule has 3 rings (SSSR count). The molecule has 1 heterocycles. The summed E-state index contributed by atoms with van der Waals surface area (Å²) in [6, 6.07) is 10.5. The number of phenolic OH excluding ortho intramolecular Hbond substituents is 1. The Morgan fingerprint density at radius 3 is 2.41 bits per heavy atom. The fourth-order valence-electron chi connectivity index (χ4n) is 3.90. The van der Waals surface area contributed by atoms with E-state index in [-0.39, 0.29) is 29.4 Å². The van der Waals surface area contributed by atoms with Gasteiger partial charge in [-0.3, -0.25) is 9.59 Å². The van der Waals surface area contributed by atoms with E-state index < -0.39 is 17.7 Å². The van der Waals surface area contributed by atoms with Gasteiger partial charge < -0.3 is 29.3 Å². The van der Waals surface area contributed by atoms with Crippen LogP contribution in [0.3, 0.4) is 0 Å². The summed E-state index contributed by atoms with van der Waals surface area (Å²) in [4.78, 5) is 27.4. The topological polar surface area (TPSA) is 106 Å². The van der Waals surface area contributed by atoms with Crippen molar-refractivity contribution in [2.24, 2.45) is 0 Å². The highest BCUT2D eigenvalue weighted by atomic mass is 16.5. The van der Waals surface area contributed by atoms with Crippen LogP contribution in [0.2, 0.25) is 0 Å². The minimum atomic E-state index is -0.841. The van der Waals surface area contributed by atoms with E-state index >= 15 is 0 Å². The van der Waals surface area contributed by atoms with Gasteiger partial charge in [-0.1, -0.05) is 19.4 Å². The fraction of sp³-hybridized carbons (Fsp3) is 0.385. The van der Waals surface area contributed by atoms with E-state index in [1.165, 1.54) is 18.1 Å². The third-order valence-electron chi connectivity index (χ3n) is 5.70. The Hall–Kier alpha value is -3.52. The third kappa shape index (κ3) is 5.34. The number of carbonyl (C=O) groups is 2. The second kappa shape index (κ2) is 11.6. The van der Waals surface area contributed by atoms with Crippen LogP contribution in [0, 0.1) is 0 Å². The predicted octanol–water partition coefficient (Wildman–Crippen LogP) is 4.04. The summed E-state index contributed by atoms with van der Waals surface area (Å²) >= 11 is 0. The molecular formula is C26H31NO7. The van der Waals surface area contributed by atoms with Gasteiger partial charge >= 0.3 is 0 Å². The van der Waals surface area contributed by atoms with E-state index in [1.54, 1.807) is 43.5 Å². The average molecular weight is 470 g/mol. The van der Waals surface area contributed by atoms with Gasteiger partial charge in [0.05, 0.1) is 25.3 Å². The Morgan fingerprint density at radius 1 is 1.03 bits per heavy atom. The molecule has 8 heteroatoms. The van der Waals surface area contributed by atoms with Gasteiger partial charge in [0.25, 0.3) is 11.7 Å². The van der Waals surface area contributed by atoms with Crippen molar-refractivity contribution in [2.45, 2.75) is 32.2 Å². The average Bonchev–Trinajstić information content (AvgIpc) is 3.10. The van der Waals surface area contributed by atoms with Gasteiger partial charge in [0, 0.05) is 25.8 Å². The number of nitrogens with zero attached hydrogens (tertiary/aromatic N) is 1. The molecule has 0 aromatic heterocycles. The summed E-state index contributed by atoms with van der Waals surface area (Å²) < 4.78 is 16.0. The van der Waals surface area contributed by atoms with Crippen molar-refractivity contribution in [2.75, 3.05) is 34.0 Å². The SMILES string of the molecule is CCCCOc1ccc(/C(O)=C2\C(=O)C(=O)N(CCCOC)[C@H]2c2ccc(O)c(OC)c2)cc1. The summed E-state index contributed by atoms with van der Waals surface area (Å²) in [7, 11) is 2.98. The van der Waals surface area contributed by atoms with Crippen molar-refractivity contribution in [3.8, 4) is 17.2 Å². The zero-order valence-electron chi connectivity index (χ0n) is 19.7. The first-order chi connectivity index (χ1) is 16.4. The molecule has 0 saturated carbocycles. The van der Waals surface area contributed by atoms with Crippen LogP contribution >= 0.6 is 0 Å². The van der Waals surface area contributed by atoms with Crippen LogP contribution in [0.25, 0.3) is 5.76 Å². The maximum atomic E-state index is 13.1. The monoisotopic (exact) mass is 469 g/mol. The molecule has 1 aliphatic rings. The lowest BCUT2D eigenvalue weighted by Gasteiger charge is -2.25. The van der Waals surface area contributed by atoms with Crippen LogP contribution in [0.1, 0.15) is 43.4 Å². The number of methoxy groups -OCH3 is 2. The zero-order chi connectivity index (χ0) is 24.7. The Kier molecular flexibility index (Phi) is 8.54. The first kappa shape index (κ1) is 25.1. The van der Waals surface area contributed by atoms with E-state index in [4.69, 9.17) is 14.2 Å². The van der Waals surface area contributed by atoms with E-state index in [0.29, 0.717) is 36.5 Å². The molecule has 1 aliphatic heterocycles. The summed E-state index contributed by atoms with van der Waals surface area (Å²) in [5.41, 5.74) is 0.913. The molecule has 1 atom stereocenters. The number of aromatic hydroxyl groups is 1.